The molecule has 0 amide bonds. The van der Waals surface area contributed by atoms with Crippen molar-refractivity contribution in [2.45, 2.75) is 39.5 Å². The number of anilines is 1. The Balaban J connectivity index is 1.63. The first-order valence-corrected chi connectivity index (χ1v) is 9.46. The number of rotatable bonds is 7. The van der Waals surface area contributed by atoms with Crippen molar-refractivity contribution in [3.05, 3.63) is 77.1 Å². The van der Waals surface area contributed by atoms with Gasteiger partial charge in [-0.05, 0) is 34.1 Å². The molecule has 2 aromatic carbocycles. The van der Waals surface area contributed by atoms with Crippen LogP contribution in [0.15, 0.2) is 65.1 Å². The minimum atomic E-state index is 0.449. The van der Waals surface area contributed by atoms with Crippen molar-refractivity contribution in [3.63, 3.8) is 0 Å². The molecular weight excluding hydrogens is 348 g/mol. The van der Waals surface area contributed by atoms with E-state index in [0.717, 1.165) is 11.1 Å². The molecule has 6 nitrogen and oxygen atoms in total. The fourth-order valence-electron chi connectivity index (χ4n) is 2.62. The van der Waals surface area contributed by atoms with Crippen LogP contribution in [0.2, 0.25) is 0 Å². The first kappa shape index (κ1) is 19.5. The Morgan fingerprint density at radius 1 is 0.821 bits per heavy atom. The van der Waals surface area contributed by atoms with E-state index in [9.17, 15) is 0 Å². The Kier molecular flexibility index (Phi) is 6.32. The van der Waals surface area contributed by atoms with Crippen molar-refractivity contribution in [3.8, 4) is 0 Å². The Morgan fingerprint density at radius 3 is 1.89 bits per heavy atom. The van der Waals surface area contributed by atoms with Crippen LogP contribution in [0.1, 0.15) is 61.8 Å². The number of aromatic nitrogens is 3. The monoisotopic (exact) mass is 374 g/mol. The van der Waals surface area contributed by atoms with Crippen LogP contribution in [-0.4, -0.2) is 27.3 Å². The van der Waals surface area contributed by atoms with Crippen LogP contribution in [0, 0.1) is 0 Å². The summed E-state index contributed by atoms with van der Waals surface area (Å²) in [6.07, 6.45) is 5.05. The molecule has 0 unspecified atom stereocenters. The second-order valence-electron chi connectivity index (χ2n) is 7.26. The highest BCUT2D eigenvalue weighted by molar-refractivity contribution is 5.80. The van der Waals surface area contributed by atoms with E-state index in [-0.39, 0.29) is 0 Å². The second-order valence-corrected chi connectivity index (χ2v) is 7.26. The van der Waals surface area contributed by atoms with Crippen molar-refractivity contribution in [1.82, 2.24) is 14.9 Å². The van der Waals surface area contributed by atoms with Gasteiger partial charge in [-0.2, -0.15) is 14.9 Å². The third-order valence-electron chi connectivity index (χ3n) is 4.45. The van der Waals surface area contributed by atoms with Crippen molar-refractivity contribution in [2.75, 3.05) is 5.43 Å². The highest BCUT2D eigenvalue weighted by Gasteiger charge is 2.02. The summed E-state index contributed by atoms with van der Waals surface area (Å²) in [6, 6.07) is 16.7. The van der Waals surface area contributed by atoms with Crippen LogP contribution < -0.4 is 5.43 Å². The van der Waals surface area contributed by atoms with Gasteiger partial charge >= 0.3 is 0 Å². The predicted octanol–water partition coefficient (Wildman–Crippen LogP) is 4.85. The lowest BCUT2D eigenvalue weighted by Gasteiger charge is -2.05. The van der Waals surface area contributed by atoms with Crippen molar-refractivity contribution < 1.29 is 0 Å². The summed E-state index contributed by atoms with van der Waals surface area (Å²) < 4.78 is 1.55. The fourth-order valence-corrected chi connectivity index (χ4v) is 2.62. The third kappa shape index (κ3) is 5.13. The van der Waals surface area contributed by atoms with Crippen LogP contribution in [0.4, 0.5) is 5.95 Å². The zero-order chi connectivity index (χ0) is 19.9. The lowest BCUT2D eigenvalue weighted by molar-refractivity contribution is 0.866. The summed E-state index contributed by atoms with van der Waals surface area (Å²) in [4.78, 5) is 0. The molecule has 0 spiro atoms. The molecule has 0 saturated carbocycles. The van der Waals surface area contributed by atoms with E-state index < -0.39 is 0 Å². The van der Waals surface area contributed by atoms with Gasteiger partial charge in [-0.25, -0.2) is 5.43 Å². The average Bonchev–Trinajstić information content (AvgIpc) is 3.14. The summed E-state index contributed by atoms with van der Waals surface area (Å²) in [5.41, 5.74) is 7.52. The molecule has 6 heteroatoms. The maximum Gasteiger partial charge on any atom is 0.265 e. The summed E-state index contributed by atoms with van der Waals surface area (Å²) in [6.45, 7) is 8.71. The molecule has 1 N–H and O–H groups in total. The topological polar surface area (TPSA) is 67.5 Å². The molecule has 0 saturated heterocycles. The van der Waals surface area contributed by atoms with E-state index in [1.807, 2.05) is 12.1 Å². The standard InChI is InChI=1S/C22H26N6/c1-16(2)20-9-5-18(6-10-20)13-23-26-22-27-24-15-28(22)25-14-19-7-11-21(12-8-19)17(3)4/h5-17H,1-4H3,(H,26,27). The summed E-state index contributed by atoms with van der Waals surface area (Å²) in [5.74, 6) is 1.48. The Hall–Kier alpha value is -3.28. The minimum Gasteiger partial charge on any atom is -0.244 e. The molecule has 3 aromatic rings. The number of nitrogens with zero attached hydrogens (tertiary/aromatic N) is 5. The Labute approximate surface area is 166 Å². The van der Waals surface area contributed by atoms with Crippen molar-refractivity contribution >= 4 is 18.4 Å². The van der Waals surface area contributed by atoms with E-state index >= 15 is 0 Å². The van der Waals surface area contributed by atoms with Gasteiger partial charge < -0.3 is 0 Å². The SMILES string of the molecule is CC(C)c1ccc(C=NNc2nncn2N=Cc2ccc(C(C)C)cc2)cc1. The maximum atomic E-state index is 4.40. The van der Waals surface area contributed by atoms with Gasteiger partial charge in [0.25, 0.3) is 5.95 Å². The van der Waals surface area contributed by atoms with Crippen molar-refractivity contribution in [2.24, 2.45) is 10.2 Å². The van der Waals surface area contributed by atoms with Crippen LogP contribution in [0.5, 0.6) is 0 Å². The average molecular weight is 374 g/mol. The first-order valence-electron chi connectivity index (χ1n) is 9.46. The molecule has 0 aliphatic carbocycles. The number of hydrazone groups is 1. The number of hydrogen-bond acceptors (Lipinski definition) is 5. The number of hydrogen-bond donors (Lipinski definition) is 1. The van der Waals surface area contributed by atoms with Crippen LogP contribution in [-0.2, 0) is 0 Å². The molecule has 28 heavy (non-hydrogen) atoms. The smallest absolute Gasteiger partial charge is 0.244 e. The molecule has 3 rings (SSSR count). The molecule has 1 aromatic heterocycles. The molecular formula is C22H26N6. The normalized spacial score (nSPS) is 11.9. The number of nitrogens with one attached hydrogen (secondary N) is 1. The maximum absolute atomic E-state index is 4.40. The second kappa shape index (κ2) is 9.08. The zero-order valence-electron chi connectivity index (χ0n) is 16.7. The predicted molar refractivity (Wildman–Crippen MR) is 115 cm³/mol. The van der Waals surface area contributed by atoms with Gasteiger partial charge in [0.15, 0.2) is 0 Å². The van der Waals surface area contributed by atoms with Crippen LogP contribution in [0.25, 0.3) is 0 Å². The lowest BCUT2D eigenvalue weighted by atomic mass is 10.0. The largest absolute Gasteiger partial charge is 0.265 e. The van der Waals surface area contributed by atoms with E-state index in [1.165, 1.54) is 17.5 Å². The highest BCUT2D eigenvalue weighted by atomic mass is 15.5. The molecule has 1 heterocycles. The fraction of sp³-hybridized carbons (Fsp3) is 0.273. The van der Waals surface area contributed by atoms with E-state index in [0.29, 0.717) is 17.8 Å². The molecule has 0 radical (unpaired) electrons. The summed E-state index contributed by atoms with van der Waals surface area (Å²) >= 11 is 0. The minimum absolute atomic E-state index is 0.449. The van der Waals surface area contributed by atoms with Gasteiger partial charge in [-0.15, -0.1) is 10.2 Å². The molecule has 0 aliphatic heterocycles. The Bertz CT molecular complexity index is 934. The van der Waals surface area contributed by atoms with E-state index in [1.54, 1.807) is 17.1 Å². The first-order chi connectivity index (χ1) is 13.5. The van der Waals surface area contributed by atoms with Gasteiger partial charge in [0.05, 0.1) is 12.4 Å². The highest BCUT2D eigenvalue weighted by Crippen LogP contribution is 2.15. The van der Waals surface area contributed by atoms with E-state index in [2.05, 4.69) is 89.9 Å². The molecule has 144 valence electrons. The summed E-state index contributed by atoms with van der Waals surface area (Å²) in [5, 5.41) is 16.5. The molecule has 0 aliphatic rings. The van der Waals surface area contributed by atoms with E-state index in [4.69, 9.17) is 0 Å². The zero-order valence-corrected chi connectivity index (χ0v) is 16.7. The van der Waals surface area contributed by atoms with Gasteiger partial charge in [0.1, 0.15) is 6.33 Å². The Morgan fingerprint density at radius 2 is 1.36 bits per heavy atom. The molecule has 0 bridgehead atoms. The van der Waals surface area contributed by atoms with Crippen molar-refractivity contribution in [1.29, 1.82) is 0 Å². The van der Waals surface area contributed by atoms with Crippen LogP contribution in [0.3, 0.4) is 0 Å². The van der Waals surface area contributed by atoms with Gasteiger partial charge in [-0.1, -0.05) is 76.2 Å². The van der Waals surface area contributed by atoms with Gasteiger partial charge in [0.2, 0.25) is 0 Å². The lowest BCUT2D eigenvalue weighted by Crippen LogP contribution is -1.99. The molecule has 0 fully saturated rings. The third-order valence-corrected chi connectivity index (χ3v) is 4.45. The number of benzene rings is 2. The summed E-state index contributed by atoms with van der Waals surface area (Å²) in [7, 11) is 0. The quantitative estimate of drug-likeness (QED) is 0.475. The van der Waals surface area contributed by atoms with Crippen LogP contribution >= 0.6 is 0 Å². The molecule has 0 atom stereocenters. The van der Waals surface area contributed by atoms with Gasteiger partial charge in [0, 0.05) is 0 Å². The van der Waals surface area contributed by atoms with Gasteiger partial charge in [-0.3, -0.25) is 0 Å².